The second-order valence-corrected chi connectivity index (χ2v) is 6.95. The highest BCUT2D eigenvalue weighted by molar-refractivity contribution is 6.04. The zero-order valence-electron chi connectivity index (χ0n) is 19.3. The van der Waals surface area contributed by atoms with Crippen molar-refractivity contribution >= 4 is 17.6 Å². The predicted octanol–water partition coefficient (Wildman–Crippen LogP) is 2.08. The first-order chi connectivity index (χ1) is 16.4. The van der Waals surface area contributed by atoms with Gasteiger partial charge in [-0.25, -0.2) is 4.68 Å². The predicted molar refractivity (Wildman–Crippen MR) is 123 cm³/mol. The lowest BCUT2D eigenvalue weighted by Gasteiger charge is -2.16. The Bertz CT molecular complexity index is 1150. The third kappa shape index (κ3) is 5.31. The molecule has 3 N–H and O–H groups in total. The molecule has 180 valence electrons. The van der Waals surface area contributed by atoms with Crippen molar-refractivity contribution in [2.45, 2.75) is 6.54 Å². The maximum atomic E-state index is 13.0. The Hall–Kier alpha value is -4.41. The smallest absolute Gasteiger partial charge is 0.257 e. The number of primary amides is 1. The summed E-state index contributed by atoms with van der Waals surface area (Å²) >= 11 is 0. The fourth-order valence-electron chi connectivity index (χ4n) is 3.29. The molecule has 0 bridgehead atoms. The summed E-state index contributed by atoms with van der Waals surface area (Å²) in [6.45, 7) is -0.0410. The molecule has 0 saturated heterocycles. The quantitative estimate of drug-likeness (QED) is 0.435. The van der Waals surface area contributed by atoms with Crippen LogP contribution in [0.3, 0.4) is 0 Å². The van der Waals surface area contributed by atoms with E-state index in [0.717, 1.165) is 5.56 Å². The number of para-hydroxylation sites is 1. The number of benzene rings is 2. The number of carbonyl (C=O) groups is 2. The lowest BCUT2D eigenvalue weighted by molar-refractivity contribution is -0.120. The monoisotopic (exact) mass is 470 g/mol. The van der Waals surface area contributed by atoms with Crippen LogP contribution in [0, 0.1) is 0 Å². The van der Waals surface area contributed by atoms with E-state index in [1.54, 1.807) is 37.2 Å². The SMILES string of the molecule is COc1cccc(Cn2nccc2NC(=O)c2cc(OC)c(OCC(N)=O)c(OC)c2)c1OC. The van der Waals surface area contributed by atoms with Crippen LogP contribution in [-0.2, 0) is 11.3 Å². The first-order valence-corrected chi connectivity index (χ1v) is 10.1. The first kappa shape index (κ1) is 24.2. The van der Waals surface area contributed by atoms with Gasteiger partial charge in [-0.15, -0.1) is 0 Å². The molecule has 0 aliphatic carbocycles. The van der Waals surface area contributed by atoms with Gasteiger partial charge >= 0.3 is 0 Å². The zero-order valence-corrected chi connectivity index (χ0v) is 19.3. The minimum Gasteiger partial charge on any atom is -0.493 e. The second kappa shape index (κ2) is 10.9. The molecule has 0 fully saturated rings. The van der Waals surface area contributed by atoms with Gasteiger partial charge in [-0.3, -0.25) is 9.59 Å². The molecular formula is C23H26N4O7. The Labute approximate surface area is 196 Å². The molecule has 11 nitrogen and oxygen atoms in total. The average molecular weight is 470 g/mol. The van der Waals surface area contributed by atoms with E-state index in [9.17, 15) is 9.59 Å². The number of ether oxygens (including phenoxy) is 5. The molecule has 3 aromatic rings. The van der Waals surface area contributed by atoms with Crippen molar-refractivity contribution in [2.75, 3.05) is 40.4 Å². The number of nitrogens with zero attached hydrogens (tertiary/aromatic N) is 2. The van der Waals surface area contributed by atoms with Gasteiger partial charge in [0.15, 0.2) is 29.6 Å². The number of hydrogen-bond acceptors (Lipinski definition) is 8. The molecule has 11 heteroatoms. The number of nitrogens with two attached hydrogens (primary N) is 1. The first-order valence-electron chi connectivity index (χ1n) is 10.1. The maximum absolute atomic E-state index is 13.0. The molecule has 0 atom stereocenters. The van der Waals surface area contributed by atoms with E-state index in [4.69, 9.17) is 29.4 Å². The minimum absolute atomic E-state index is 0.163. The summed E-state index contributed by atoms with van der Waals surface area (Å²) in [5.41, 5.74) is 6.21. The highest BCUT2D eigenvalue weighted by Crippen LogP contribution is 2.39. The van der Waals surface area contributed by atoms with E-state index in [2.05, 4.69) is 10.4 Å². The lowest BCUT2D eigenvalue weighted by atomic mass is 10.1. The average Bonchev–Trinajstić information content (AvgIpc) is 3.27. The Kier molecular flexibility index (Phi) is 7.80. The van der Waals surface area contributed by atoms with E-state index in [0.29, 0.717) is 23.9 Å². The largest absolute Gasteiger partial charge is 0.493 e. The van der Waals surface area contributed by atoms with Crippen LogP contribution in [0.15, 0.2) is 42.6 Å². The van der Waals surface area contributed by atoms with Gasteiger partial charge in [0.2, 0.25) is 5.75 Å². The molecule has 0 aliphatic rings. The van der Waals surface area contributed by atoms with Gasteiger partial charge in [-0.1, -0.05) is 12.1 Å². The van der Waals surface area contributed by atoms with E-state index < -0.39 is 11.8 Å². The molecule has 3 rings (SSSR count). The number of rotatable bonds is 11. The van der Waals surface area contributed by atoms with Crippen LogP contribution in [0.2, 0.25) is 0 Å². The topological polar surface area (TPSA) is 136 Å². The maximum Gasteiger partial charge on any atom is 0.257 e. The van der Waals surface area contributed by atoms with Crippen LogP contribution in [0.25, 0.3) is 0 Å². The van der Waals surface area contributed by atoms with Gasteiger partial charge in [0, 0.05) is 17.2 Å². The van der Waals surface area contributed by atoms with Crippen molar-refractivity contribution in [3.05, 3.63) is 53.7 Å². The highest BCUT2D eigenvalue weighted by Gasteiger charge is 2.20. The van der Waals surface area contributed by atoms with Crippen molar-refractivity contribution in [2.24, 2.45) is 5.73 Å². The molecular weight excluding hydrogens is 444 g/mol. The van der Waals surface area contributed by atoms with Gasteiger partial charge < -0.3 is 34.7 Å². The Balaban J connectivity index is 1.85. The molecule has 0 aliphatic heterocycles. The molecule has 0 radical (unpaired) electrons. The van der Waals surface area contributed by atoms with Crippen molar-refractivity contribution in [3.63, 3.8) is 0 Å². The molecule has 1 aromatic heterocycles. The zero-order chi connectivity index (χ0) is 24.7. The normalized spacial score (nSPS) is 10.4. The Morgan fingerprint density at radius 3 is 2.21 bits per heavy atom. The Morgan fingerprint density at radius 1 is 0.941 bits per heavy atom. The number of amides is 2. The number of aromatic nitrogens is 2. The van der Waals surface area contributed by atoms with Crippen molar-refractivity contribution in [1.29, 1.82) is 0 Å². The fourth-order valence-corrected chi connectivity index (χ4v) is 3.29. The summed E-state index contributed by atoms with van der Waals surface area (Å²) in [6.07, 6.45) is 1.57. The van der Waals surface area contributed by atoms with Crippen LogP contribution in [0.5, 0.6) is 28.7 Å². The fraction of sp³-hybridized carbons (Fsp3) is 0.261. The standard InChI is InChI=1S/C23H26N4O7/c1-30-16-7-5-6-14(21(16)33-4)12-27-20(8-9-25-27)26-23(29)15-10-17(31-2)22(18(11-15)32-3)34-13-19(24)28/h5-11H,12-13H2,1-4H3,(H2,24,28)(H,26,29). The molecule has 1 heterocycles. The molecule has 2 aromatic carbocycles. The van der Waals surface area contributed by atoms with Gasteiger partial charge in [0.25, 0.3) is 11.8 Å². The number of hydrogen-bond donors (Lipinski definition) is 2. The summed E-state index contributed by atoms with van der Waals surface area (Å²) in [6, 6.07) is 10.1. The van der Waals surface area contributed by atoms with Crippen molar-refractivity contribution in [3.8, 4) is 28.7 Å². The third-order valence-electron chi connectivity index (χ3n) is 4.84. The summed E-state index contributed by atoms with van der Waals surface area (Å²) in [5.74, 6) is 1.12. The van der Waals surface area contributed by atoms with Crippen LogP contribution in [0.4, 0.5) is 5.82 Å². The number of methoxy groups -OCH3 is 4. The van der Waals surface area contributed by atoms with E-state index in [1.165, 1.54) is 26.4 Å². The van der Waals surface area contributed by atoms with E-state index in [-0.39, 0.29) is 29.4 Å². The number of carbonyl (C=O) groups excluding carboxylic acids is 2. The van der Waals surface area contributed by atoms with Crippen LogP contribution in [0.1, 0.15) is 15.9 Å². The van der Waals surface area contributed by atoms with Crippen molar-refractivity contribution < 1.29 is 33.3 Å². The van der Waals surface area contributed by atoms with Crippen molar-refractivity contribution in [1.82, 2.24) is 9.78 Å². The summed E-state index contributed by atoms with van der Waals surface area (Å²) < 4.78 is 28.5. The number of nitrogens with one attached hydrogen (secondary N) is 1. The number of anilines is 1. The Morgan fingerprint density at radius 2 is 1.62 bits per heavy atom. The molecule has 2 amide bonds. The van der Waals surface area contributed by atoms with E-state index >= 15 is 0 Å². The molecule has 0 unspecified atom stereocenters. The highest BCUT2D eigenvalue weighted by atomic mass is 16.5. The van der Waals surface area contributed by atoms with Crippen LogP contribution < -0.4 is 34.7 Å². The van der Waals surface area contributed by atoms with Gasteiger partial charge in [0.05, 0.1) is 41.2 Å². The second-order valence-electron chi connectivity index (χ2n) is 6.95. The van der Waals surface area contributed by atoms with Gasteiger partial charge in [-0.2, -0.15) is 5.10 Å². The molecule has 0 saturated carbocycles. The third-order valence-corrected chi connectivity index (χ3v) is 4.84. The van der Waals surface area contributed by atoms with Gasteiger partial charge in [-0.05, 0) is 18.2 Å². The lowest BCUT2D eigenvalue weighted by Crippen LogP contribution is -2.21. The van der Waals surface area contributed by atoms with Crippen LogP contribution in [-0.4, -0.2) is 56.6 Å². The minimum atomic E-state index is -0.660. The molecule has 34 heavy (non-hydrogen) atoms. The summed E-state index contributed by atoms with van der Waals surface area (Å²) in [7, 11) is 5.94. The molecule has 0 spiro atoms. The van der Waals surface area contributed by atoms with Crippen LogP contribution >= 0.6 is 0 Å². The summed E-state index contributed by atoms with van der Waals surface area (Å²) in [4.78, 5) is 24.1. The van der Waals surface area contributed by atoms with Gasteiger partial charge in [0.1, 0.15) is 5.82 Å². The summed E-state index contributed by atoms with van der Waals surface area (Å²) in [5, 5.41) is 7.13. The van der Waals surface area contributed by atoms with E-state index in [1.807, 2.05) is 12.1 Å².